The van der Waals surface area contributed by atoms with E-state index in [4.69, 9.17) is 11.5 Å². The van der Waals surface area contributed by atoms with E-state index in [0.717, 1.165) is 17.8 Å². The first kappa shape index (κ1) is 53.1. The number of hydrogen-bond donors (Lipinski definition) is 2. The number of unbranched alkanes of at least 4 members (excludes halogenated alkanes) is 25. The summed E-state index contributed by atoms with van der Waals surface area (Å²) < 4.78 is 0. The Bertz CT molecular complexity index is 1670. The smallest absolute Gasteiger partial charge is 0.0314 e. The van der Waals surface area contributed by atoms with Gasteiger partial charge < -0.3 is 11.5 Å². The fourth-order valence-electron chi connectivity index (χ4n) is 10.3. The molecular formula is C62H96N2. The lowest BCUT2D eigenvalue weighted by Crippen LogP contribution is -2.07. The highest BCUT2D eigenvalue weighted by Gasteiger charge is 2.19. The van der Waals surface area contributed by atoms with Gasteiger partial charge in [0.25, 0.3) is 0 Å². The van der Waals surface area contributed by atoms with Crippen molar-refractivity contribution in [3.05, 3.63) is 130 Å². The lowest BCUT2D eigenvalue weighted by molar-refractivity contribution is 0.527. The lowest BCUT2D eigenvalue weighted by Gasteiger charge is -2.22. The minimum absolute atomic E-state index is 0.414. The van der Waals surface area contributed by atoms with E-state index in [9.17, 15) is 0 Å². The second-order valence-corrected chi connectivity index (χ2v) is 20.0. The molecule has 0 spiro atoms. The third-order valence-electron chi connectivity index (χ3n) is 14.5. The van der Waals surface area contributed by atoms with Gasteiger partial charge in [0.2, 0.25) is 0 Å². The summed E-state index contributed by atoms with van der Waals surface area (Å²) in [5, 5.41) is 0. The molecule has 0 aliphatic carbocycles. The van der Waals surface area contributed by atoms with E-state index in [2.05, 4.69) is 118 Å². The van der Waals surface area contributed by atoms with Crippen LogP contribution in [0.2, 0.25) is 0 Å². The average molecular weight is 869 g/mol. The zero-order valence-electron chi connectivity index (χ0n) is 41.8. The maximum Gasteiger partial charge on any atom is 0.0314 e. The van der Waals surface area contributed by atoms with Crippen molar-refractivity contribution < 1.29 is 0 Å². The summed E-state index contributed by atoms with van der Waals surface area (Å²) in [7, 11) is 0. The minimum atomic E-state index is 0.414. The SMILES string of the molecule is CCCCCCCCCCCCC(c1ccc(N)cc1)c1ccc(CC(CCCCCCCCCC)c2ccc(C(CCCCCCCCCCCC)c3ccc(N)cc3)cc2)cc1. The quantitative estimate of drug-likeness (QED) is 0.0348. The predicted molar refractivity (Wildman–Crippen MR) is 285 cm³/mol. The molecule has 3 unspecified atom stereocenters. The van der Waals surface area contributed by atoms with E-state index in [-0.39, 0.29) is 0 Å². The molecule has 0 radical (unpaired) electrons. The molecule has 0 bridgehead atoms. The zero-order chi connectivity index (χ0) is 45.3. The number of benzene rings is 4. The molecule has 2 heteroatoms. The molecule has 0 fully saturated rings. The monoisotopic (exact) mass is 869 g/mol. The molecule has 0 aliphatic rings. The molecule has 0 amide bonds. The van der Waals surface area contributed by atoms with Crippen LogP contribution in [0.15, 0.2) is 97.1 Å². The van der Waals surface area contributed by atoms with Gasteiger partial charge in [0.15, 0.2) is 0 Å². The number of hydrogen-bond acceptors (Lipinski definition) is 2. The molecule has 3 atom stereocenters. The normalized spacial score (nSPS) is 13.0. The molecule has 0 aliphatic heterocycles. The van der Waals surface area contributed by atoms with Gasteiger partial charge in [0.1, 0.15) is 0 Å². The lowest BCUT2D eigenvalue weighted by atomic mass is 9.82. The third kappa shape index (κ3) is 21.6. The van der Waals surface area contributed by atoms with Crippen LogP contribution in [0, 0.1) is 0 Å². The average Bonchev–Trinajstić information content (AvgIpc) is 3.32. The van der Waals surface area contributed by atoms with Gasteiger partial charge in [-0.2, -0.15) is 0 Å². The van der Waals surface area contributed by atoms with Crippen molar-refractivity contribution in [2.24, 2.45) is 0 Å². The van der Waals surface area contributed by atoms with Crippen molar-refractivity contribution >= 4 is 11.4 Å². The Labute approximate surface area is 395 Å². The summed E-state index contributed by atoms with van der Waals surface area (Å²) >= 11 is 0. The summed E-state index contributed by atoms with van der Waals surface area (Å²) in [6.07, 6.45) is 43.2. The fraction of sp³-hybridized carbons (Fsp3) is 0.613. The number of anilines is 2. The van der Waals surface area contributed by atoms with Crippen LogP contribution in [-0.2, 0) is 6.42 Å². The van der Waals surface area contributed by atoms with Crippen molar-refractivity contribution in [2.45, 2.75) is 244 Å². The second-order valence-electron chi connectivity index (χ2n) is 20.0. The van der Waals surface area contributed by atoms with Crippen LogP contribution in [0.4, 0.5) is 11.4 Å². The van der Waals surface area contributed by atoms with Gasteiger partial charge in [-0.1, -0.05) is 273 Å². The van der Waals surface area contributed by atoms with Crippen molar-refractivity contribution in [2.75, 3.05) is 11.5 Å². The van der Waals surface area contributed by atoms with Crippen LogP contribution >= 0.6 is 0 Å². The first-order chi connectivity index (χ1) is 31.5. The summed E-state index contributed by atoms with van der Waals surface area (Å²) in [5.41, 5.74) is 22.7. The van der Waals surface area contributed by atoms with Crippen LogP contribution in [0.1, 0.15) is 271 Å². The summed E-state index contributed by atoms with van der Waals surface area (Å²) in [6.45, 7) is 6.92. The van der Waals surface area contributed by atoms with Crippen LogP contribution in [0.25, 0.3) is 0 Å². The standard InChI is InChI=1S/C62H96N2/c1-4-7-10-13-16-19-21-24-27-30-33-61(56-43-47-59(63)48-44-56)54-37-35-52(36-38-54)51-58(32-29-26-23-18-15-12-9-6-3)53-39-41-55(42-40-53)62(57-45-49-60(64)50-46-57)34-31-28-25-22-20-17-14-11-8-5-2/h35-50,58,61-62H,4-34,51,63-64H2,1-3H3. The zero-order valence-corrected chi connectivity index (χ0v) is 41.8. The first-order valence-electron chi connectivity index (χ1n) is 27.4. The Morgan fingerprint density at radius 3 is 0.859 bits per heavy atom. The van der Waals surface area contributed by atoms with Gasteiger partial charge in [-0.3, -0.25) is 0 Å². The Balaban J connectivity index is 1.42. The van der Waals surface area contributed by atoms with E-state index < -0.39 is 0 Å². The molecule has 354 valence electrons. The Morgan fingerprint density at radius 1 is 0.281 bits per heavy atom. The summed E-state index contributed by atoms with van der Waals surface area (Å²) in [6, 6.07) is 37.2. The van der Waals surface area contributed by atoms with E-state index >= 15 is 0 Å². The molecule has 4 aromatic carbocycles. The Morgan fingerprint density at radius 2 is 0.531 bits per heavy atom. The molecule has 0 heterocycles. The van der Waals surface area contributed by atoms with E-state index in [1.165, 1.54) is 232 Å². The molecule has 0 aromatic heterocycles. The highest BCUT2D eigenvalue weighted by Crippen LogP contribution is 2.35. The fourth-order valence-corrected chi connectivity index (χ4v) is 10.3. The van der Waals surface area contributed by atoms with Gasteiger partial charge in [-0.15, -0.1) is 0 Å². The van der Waals surface area contributed by atoms with Crippen molar-refractivity contribution in [1.82, 2.24) is 0 Å². The summed E-state index contributed by atoms with van der Waals surface area (Å²) in [4.78, 5) is 0. The molecule has 4 rings (SSSR count). The van der Waals surface area contributed by atoms with Gasteiger partial charge >= 0.3 is 0 Å². The number of rotatable bonds is 38. The molecule has 2 nitrogen and oxygen atoms in total. The molecule has 0 saturated heterocycles. The maximum absolute atomic E-state index is 6.18. The van der Waals surface area contributed by atoms with E-state index in [1.54, 1.807) is 0 Å². The minimum Gasteiger partial charge on any atom is -0.399 e. The van der Waals surface area contributed by atoms with Crippen LogP contribution in [0.3, 0.4) is 0 Å². The highest BCUT2D eigenvalue weighted by molar-refractivity contribution is 5.44. The second kappa shape index (κ2) is 33.9. The van der Waals surface area contributed by atoms with Gasteiger partial charge in [-0.25, -0.2) is 0 Å². The van der Waals surface area contributed by atoms with Crippen LogP contribution < -0.4 is 11.5 Å². The number of nitrogens with two attached hydrogens (primary N) is 2. The van der Waals surface area contributed by atoms with Crippen molar-refractivity contribution in [3.63, 3.8) is 0 Å². The third-order valence-corrected chi connectivity index (χ3v) is 14.5. The van der Waals surface area contributed by atoms with Crippen LogP contribution in [0.5, 0.6) is 0 Å². The maximum atomic E-state index is 6.18. The molecule has 64 heavy (non-hydrogen) atoms. The Kier molecular flexibility index (Phi) is 28.1. The highest BCUT2D eigenvalue weighted by atomic mass is 14.5. The van der Waals surface area contributed by atoms with Gasteiger partial charge in [0, 0.05) is 23.2 Å². The van der Waals surface area contributed by atoms with Gasteiger partial charge in [0.05, 0.1) is 0 Å². The predicted octanol–water partition coefficient (Wildman–Crippen LogP) is 19.6. The van der Waals surface area contributed by atoms with E-state index in [0.29, 0.717) is 17.8 Å². The molecule has 4 aromatic rings. The number of nitrogen functional groups attached to an aromatic ring is 2. The topological polar surface area (TPSA) is 52.0 Å². The van der Waals surface area contributed by atoms with Crippen LogP contribution in [-0.4, -0.2) is 0 Å². The van der Waals surface area contributed by atoms with Crippen molar-refractivity contribution in [1.29, 1.82) is 0 Å². The molecular weight excluding hydrogens is 773 g/mol. The Hall–Kier alpha value is -3.52. The van der Waals surface area contributed by atoms with Gasteiger partial charge in [-0.05, 0) is 89.2 Å². The largest absolute Gasteiger partial charge is 0.399 e. The van der Waals surface area contributed by atoms with E-state index in [1.807, 2.05) is 0 Å². The molecule has 0 saturated carbocycles. The van der Waals surface area contributed by atoms with Crippen molar-refractivity contribution in [3.8, 4) is 0 Å². The summed E-state index contributed by atoms with van der Waals surface area (Å²) in [5.74, 6) is 1.35. The molecule has 4 N–H and O–H groups in total. The first-order valence-corrected chi connectivity index (χ1v) is 27.4.